The monoisotopic (exact) mass is 287 g/mol. The summed E-state index contributed by atoms with van der Waals surface area (Å²) in [6.07, 6.45) is 3.51. The highest BCUT2D eigenvalue weighted by atomic mass is 35.5. The average molecular weight is 288 g/mol. The van der Waals surface area contributed by atoms with Gasteiger partial charge in [0.1, 0.15) is 17.3 Å². The number of fused-ring (bicyclic) bond motifs is 1. The van der Waals surface area contributed by atoms with E-state index in [2.05, 4.69) is 53.0 Å². The van der Waals surface area contributed by atoms with Gasteiger partial charge >= 0.3 is 0 Å². The number of para-hydroxylation sites is 1. The van der Waals surface area contributed by atoms with E-state index in [9.17, 15) is 0 Å². The molecule has 0 saturated heterocycles. The fourth-order valence-corrected chi connectivity index (χ4v) is 3.18. The normalized spacial score (nSPS) is 17.9. The maximum absolute atomic E-state index is 6.23. The predicted octanol–water partition coefficient (Wildman–Crippen LogP) is 4.02. The molecule has 1 atom stereocenters. The van der Waals surface area contributed by atoms with Crippen LogP contribution in [0.4, 0.5) is 11.5 Å². The Bertz CT molecular complexity index is 627. The number of halogens is 1. The van der Waals surface area contributed by atoms with Crippen molar-refractivity contribution in [3.63, 3.8) is 0 Å². The Balaban J connectivity index is 2.13. The Hall–Kier alpha value is -1.61. The topological polar surface area (TPSA) is 29.0 Å². The van der Waals surface area contributed by atoms with Crippen LogP contribution in [0, 0.1) is 5.92 Å². The van der Waals surface area contributed by atoms with E-state index in [0.717, 1.165) is 30.8 Å². The molecule has 104 valence electrons. The molecule has 3 nitrogen and oxygen atoms in total. The van der Waals surface area contributed by atoms with Crippen molar-refractivity contribution in [1.29, 1.82) is 0 Å². The minimum atomic E-state index is 0.563. The molecule has 0 radical (unpaired) electrons. The van der Waals surface area contributed by atoms with Crippen LogP contribution in [0.15, 0.2) is 30.6 Å². The largest absolute Gasteiger partial charge is 0.325 e. The van der Waals surface area contributed by atoms with Gasteiger partial charge in [0, 0.05) is 17.8 Å². The Morgan fingerprint density at radius 3 is 2.90 bits per heavy atom. The third-order valence-corrected chi connectivity index (χ3v) is 4.15. The van der Waals surface area contributed by atoms with Crippen LogP contribution in [0.2, 0.25) is 5.15 Å². The van der Waals surface area contributed by atoms with Crippen LogP contribution in [-0.2, 0) is 12.8 Å². The number of nitrogens with zero attached hydrogens (tertiary/aromatic N) is 3. The smallest absolute Gasteiger partial charge is 0.141 e. The summed E-state index contributed by atoms with van der Waals surface area (Å²) in [5.41, 5.74) is 3.65. The van der Waals surface area contributed by atoms with E-state index < -0.39 is 0 Å². The maximum atomic E-state index is 6.23. The van der Waals surface area contributed by atoms with Crippen LogP contribution in [-0.4, -0.2) is 16.5 Å². The predicted molar refractivity (Wildman–Crippen MR) is 82.7 cm³/mol. The number of hydrogen-bond acceptors (Lipinski definition) is 3. The van der Waals surface area contributed by atoms with Crippen molar-refractivity contribution in [3.8, 4) is 0 Å². The van der Waals surface area contributed by atoms with Gasteiger partial charge in [0.25, 0.3) is 0 Å². The standard InChI is InChI=1S/C16H18ClN3/c1-3-13-15(17)18-10-19-16(13)20-9-11(2)8-12-6-4-5-7-14(12)20/h4-7,10-11H,3,8-9H2,1-2H3. The first-order chi connectivity index (χ1) is 9.70. The lowest BCUT2D eigenvalue weighted by molar-refractivity contribution is 0.559. The van der Waals surface area contributed by atoms with Gasteiger partial charge in [-0.25, -0.2) is 9.97 Å². The van der Waals surface area contributed by atoms with Gasteiger partial charge < -0.3 is 4.90 Å². The van der Waals surface area contributed by atoms with E-state index in [4.69, 9.17) is 11.6 Å². The minimum absolute atomic E-state index is 0.563. The van der Waals surface area contributed by atoms with Crippen molar-refractivity contribution < 1.29 is 0 Å². The maximum Gasteiger partial charge on any atom is 0.141 e. The molecule has 0 amide bonds. The van der Waals surface area contributed by atoms with Crippen molar-refractivity contribution in [3.05, 3.63) is 46.9 Å². The van der Waals surface area contributed by atoms with E-state index in [-0.39, 0.29) is 0 Å². The van der Waals surface area contributed by atoms with E-state index in [0.29, 0.717) is 11.1 Å². The highest BCUT2D eigenvalue weighted by molar-refractivity contribution is 6.30. The third-order valence-electron chi connectivity index (χ3n) is 3.82. The lowest BCUT2D eigenvalue weighted by Crippen LogP contribution is -2.31. The summed E-state index contributed by atoms with van der Waals surface area (Å²) in [7, 11) is 0. The van der Waals surface area contributed by atoms with Crippen LogP contribution < -0.4 is 4.90 Å². The molecule has 0 N–H and O–H groups in total. The Labute approximate surface area is 124 Å². The molecular formula is C16H18ClN3. The summed E-state index contributed by atoms with van der Waals surface area (Å²) in [6, 6.07) is 8.54. The molecule has 2 aromatic rings. The number of hydrogen-bond donors (Lipinski definition) is 0. The fourth-order valence-electron chi connectivity index (χ4n) is 2.92. The lowest BCUT2D eigenvalue weighted by atomic mass is 9.93. The van der Waals surface area contributed by atoms with Gasteiger partial charge in [-0.15, -0.1) is 0 Å². The molecule has 4 heteroatoms. The molecule has 0 bridgehead atoms. The minimum Gasteiger partial charge on any atom is -0.325 e. The molecule has 3 rings (SSSR count). The zero-order valence-electron chi connectivity index (χ0n) is 11.8. The summed E-state index contributed by atoms with van der Waals surface area (Å²) >= 11 is 6.23. The summed E-state index contributed by atoms with van der Waals surface area (Å²) < 4.78 is 0. The highest BCUT2D eigenvalue weighted by Gasteiger charge is 2.25. The van der Waals surface area contributed by atoms with Crippen LogP contribution in [0.5, 0.6) is 0 Å². The van der Waals surface area contributed by atoms with Crippen LogP contribution >= 0.6 is 11.6 Å². The van der Waals surface area contributed by atoms with Crippen molar-refractivity contribution >= 4 is 23.1 Å². The number of anilines is 2. The molecule has 1 aromatic heterocycles. The molecule has 20 heavy (non-hydrogen) atoms. The van der Waals surface area contributed by atoms with Gasteiger partial charge in [0.15, 0.2) is 0 Å². The van der Waals surface area contributed by atoms with Gasteiger partial charge in [-0.05, 0) is 30.4 Å². The SMILES string of the molecule is CCc1c(Cl)ncnc1N1CC(C)Cc2ccccc21. The molecule has 0 fully saturated rings. The first kappa shape index (κ1) is 13.4. The molecule has 1 aliphatic rings. The number of rotatable bonds is 2. The van der Waals surface area contributed by atoms with E-state index in [1.165, 1.54) is 11.3 Å². The molecule has 1 aliphatic heterocycles. The number of aromatic nitrogens is 2. The first-order valence-corrected chi connectivity index (χ1v) is 7.43. The molecule has 1 unspecified atom stereocenters. The van der Waals surface area contributed by atoms with Gasteiger partial charge in [0.05, 0.1) is 0 Å². The van der Waals surface area contributed by atoms with E-state index in [1.54, 1.807) is 6.33 Å². The zero-order valence-corrected chi connectivity index (χ0v) is 12.6. The molecule has 2 heterocycles. The number of benzene rings is 1. The van der Waals surface area contributed by atoms with E-state index >= 15 is 0 Å². The zero-order chi connectivity index (χ0) is 14.1. The third kappa shape index (κ3) is 2.27. The van der Waals surface area contributed by atoms with Gasteiger partial charge in [-0.1, -0.05) is 43.6 Å². The highest BCUT2D eigenvalue weighted by Crippen LogP contribution is 2.36. The van der Waals surface area contributed by atoms with Crippen molar-refractivity contribution in [1.82, 2.24) is 9.97 Å². The van der Waals surface area contributed by atoms with E-state index in [1.807, 2.05) is 0 Å². The molecule has 0 saturated carbocycles. The second-order valence-corrected chi connectivity index (χ2v) is 5.73. The second-order valence-electron chi connectivity index (χ2n) is 5.37. The van der Waals surface area contributed by atoms with Gasteiger partial charge in [0.2, 0.25) is 0 Å². The van der Waals surface area contributed by atoms with Crippen LogP contribution in [0.25, 0.3) is 0 Å². The first-order valence-electron chi connectivity index (χ1n) is 7.05. The lowest BCUT2D eigenvalue weighted by Gasteiger charge is -2.35. The van der Waals surface area contributed by atoms with Gasteiger partial charge in [-0.2, -0.15) is 0 Å². The average Bonchev–Trinajstić information content (AvgIpc) is 2.46. The van der Waals surface area contributed by atoms with Gasteiger partial charge in [-0.3, -0.25) is 0 Å². The molecule has 0 spiro atoms. The summed E-state index contributed by atoms with van der Waals surface area (Å²) in [6.45, 7) is 5.34. The van der Waals surface area contributed by atoms with Crippen LogP contribution in [0.3, 0.4) is 0 Å². The Kier molecular flexibility index (Phi) is 3.62. The van der Waals surface area contributed by atoms with Crippen molar-refractivity contribution in [2.75, 3.05) is 11.4 Å². The van der Waals surface area contributed by atoms with Crippen LogP contribution in [0.1, 0.15) is 25.0 Å². The Morgan fingerprint density at radius 1 is 1.30 bits per heavy atom. The quantitative estimate of drug-likeness (QED) is 0.781. The summed E-state index contributed by atoms with van der Waals surface area (Å²) in [4.78, 5) is 10.9. The van der Waals surface area contributed by atoms with Crippen molar-refractivity contribution in [2.45, 2.75) is 26.7 Å². The summed E-state index contributed by atoms with van der Waals surface area (Å²) in [5, 5.41) is 0.563. The molecule has 1 aromatic carbocycles. The summed E-state index contributed by atoms with van der Waals surface area (Å²) in [5.74, 6) is 1.55. The molecule has 0 aliphatic carbocycles. The van der Waals surface area contributed by atoms with Crippen molar-refractivity contribution in [2.24, 2.45) is 5.92 Å². The second kappa shape index (κ2) is 5.41. The molecular weight excluding hydrogens is 270 g/mol. The fraction of sp³-hybridized carbons (Fsp3) is 0.375. The Morgan fingerprint density at radius 2 is 2.10 bits per heavy atom.